The fourth-order valence-corrected chi connectivity index (χ4v) is 1.71. The van der Waals surface area contributed by atoms with E-state index in [2.05, 4.69) is 19.6 Å². The Bertz CT molecular complexity index is 71.5. The van der Waals surface area contributed by atoms with Crippen molar-refractivity contribution >= 4 is 25.1 Å². The summed E-state index contributed by atoms with van der Waals surface area (Å²) in [4.78, 5) is 0. The molecular formula is C6H13OSi2. The topological polar surface area (TPSA) is 9.23 Å². The highest BCUT2D eigenvalue weighted by molar-refractivity contribution is 6.36. The standard InChI is InChI=1S/C6H13OSi2/c1-4-6(8-2)5-7-9-3/h6H,3-5H2,1-2H3. The molecule has 0 bridgehead atoms. The average molecular weight is 157 g/mol. The van der Waals surface area contributed by atoms with E-state index in [4.69, 9.17) is 4.43 Å². The molecule has 0 amide bonds. The van der Waals surface area contributed by atoms with E-state index in [9.17, 15) is 0 Å². The summed E-state index contributed by atoms with van der Waals surface area (Å²) >= 11 is 0. The van der Waals surface area contributed by atoms with Crippen LogP contribution in [0.2, 0.25) is 12.1 Å². The molecule has 1 nitrogen and oxygen atoms in total. The molecule has 0 saturated carbocycles. The van der Waals surface area contributed by atoms with Crippen molar-refractivity contribution in [2.45, 2.75) is 25.4 Å². The van der Waals surface area contributed by atoms with Gasteiger partial charge in [0.25, 0.3) is 9.38 Å². The van der Waals surface area contributed by atoms with Crippen LogP contribution in [0.25, 0.3) is 0 Å². The fourth-order valence-electron chi connectivity index (χ4n) is 0.565. The highest BCUT2D eigenvalue weighted by atomic mass is 28.2. The normalized spacial score (nSPS) is 12.7. The van der Waals surface area contributed by atoms with Crippen molar-refractivity contribution in [1.82, 2.24) is 0 Å². The van der Waals surface area contributed by atoms with Crippen molar-refractivity contribution in [1.29, 1.82) is 0 Å². The van der Waals surface area contributed by atoms with Crippen LogP contribution >= 0.6 is 0 Å². The average Bonchev–Trinajstić information content (AvgIpc) is 1.91. The van der Waals surface area contributed by atoms with Crippen LogP contribution in [0.1, 0.15) is 13.3 Å². The lowest BCUT2D eigenvalue weighted by Gasteiger charge is -2.09. The largest absolute Gasteiger partial charge is 0.548 e. The van der Waals surface area contributed by atoms with Crippen molar-refractivity contribution in [3.8, 4) is 0 Å². The third-order valence-electron chi connectivity index (χ3n) is 1.29. The summed E-state index contributed by atoms with van der Waals surface area (Å²) in [5, 5.41) is 0. The maximum absolute atomic E-state index is 5.20. The van der Waals surface area contributed by atoms with Gasteiger partial charge in [0, 0.05) is 9.52 Å². The lowest BCUT2D eigenvalue weighted by atomic mass is 10.3. The minimum Gasteiger partial charge on any atom is -0.548 e. The Morgan fingerprint density at radius 3 is 2.67 bits per heavy atom. The Hall–Kier alpha value is 0.104. The monoisotopic (exact) mass is 157 g/mol. The zero-order valence-electron chi connectivity index (χ0n) is 6.11. The molecule has 51 valence electrons. The summed E-state index contributed by atoms with van der Waals surface area (Å²) in [6.45, 7) is 5.34. The first-order valence-electron chi connectivity index (χ1n) is 3.16. The molecule has 3 heteroatoms. The summed E-state index contributed by atoms with van der Waals surface area (Å²) < 4.78 is 5.20. The van der Waals surface area contributed by atoms with Gasteiger partial charge in [-0.05, 0) is 5.54 Å². The first-order chi connectivity index (χ1) is 4.35. The van der Waals surface area contributed by atoms with E-state index < -0.39 is 0 Å². The number of hydrogen-bond donors (Lipinski definition) is 0. The van der Waals surface area contributed by atoms with E-state index in [0.29, 0.717) is 9.38 Å². The first kappa shape index (κ1) is 9.10. The van der Waals surface area contributed by atoms with Crippen LogP contribution in [0.4, 0.5) is 0 Å². The lowest BCUT2D eigenvalue weighted by Crippen LogP contribution is -2.07. The molecule has 0 aliphatic heterocycles. The molecule has 0 N–H and O–H groups in total. The van der Waals surface area contributed by atoms with Gasteiger partial charge in [0.05, 0.1) is 6.61 Å². The predicted octanol–water partition coefficient (Wildman–Crippen LogP) is 1.00. The number of rotatable bonds is 5. The van der Waals surface area contributed by atoms with Crippen LogP contribution < -0.4 is 0 Å². The zero-order chi connectivity index (χ0) is 7.11. The van der Waals surface area contributed by atoms with Crippen molar-refractivity contribution < 1.29 is 4.43 Å². The van der Waals surface area contributed by atoms with E-state index in [-0.39, 0.29) is 0 Å². The van der Waals surface area contributed by atoms with Gasteiger partial charge in [0.15, 0.2) is 0 Å². The van der Waals surface area contributed by atoms with Crippen LogP contribution in [0.5, 0.6) is 0 Å². The molecule has 0 aliphatic rings. The van der Waals surface area contributed by atoms with E-state index in [1.807, 2.05) is 0 Å². The van der Waals surface area contributed by atoms with E-state index in [1.54, 1.807) is 0 Å². The molecule has 0 aromatic rings. The molecule has 0 aromatic carbocycles. The molecule has 0 aromatic heterocycles. The van der Waals surface area contributed by atoms with Crippen LogP contribution in [0.3, 0.4) is 0 Å². The van der Waals surface area contributed by atoms with Crippen molar-refractivity contribution in [2.75, 3.05) is 6.61 Å². The van der Waals surface area contributed by atoms with E-state index in [0.717, 1.165) is 21.7 Å². The van der Waals surface area contributed by atoms with Gasteiger partial charge in [-0.3, -0.25) is 0 Å². The third-order valence-corrected chi connectivity index (χ3v) is 3.05. The Labute approximate surface area is 62.2 Å². The lowest BCUT2D eigenvalue weighted by molar-refractivity contribution is 0.336. The summed E-state index contributed by atoms with van der Waals surface area (Å²) in [5.74, 6) is 0. The highest BCUT2D eigenvalue weighted by Crippen LogP contribution is 2.06. The minimum atomic E-state index is 0.411. The number of hydrogen-bond acceptors (Lipinski definition) is 1. The van der Waals surface area contributed by atoms with Crippen molar-refractivity contribution in [3.63, 3.8) is 0 Å². The Morgan fingerprint density at radius 1 is 1.67 bits per heavy atom. The molecule has 0 spiro atoms. The predicted molar refractivity (Wildman–Crippen MR) is 44.5 cm³/mol. The second kappa shape index (κ2) is 6.23. The Morgan fingerprint density at radius 2 is 2.33 bits per heavy atom. The molecule has 0 rings (SSSR count). The van der Waals surface area contributed by atoms with E-state index in [1.165, 1.54) is 6.42 Å². The van der Waals surface area contributed by atoms with Gasteiger partial charge in [0.1, 0.15) is 0 Å². The van der Waals surface area contributed by atoms with Crippen LogP contribution in [0.15, 0.2) is 0 Å². The summed E-state index contributed by atoms with van der Waals surface area (Å²) in [6.07, 6.45) is 4.87. The molecule has 0 saturated heterocycles. The van der Waals surface area contributed by atoms with Gasteiger partial charge in [0.2, 0.25) is 0 Å². The Kier molecular flexibility index (Phi) is 6.30. The second-order valence-electron chi connectivity index (χ2n) is 1.85. The van der Waals surface area contributed by atoms with Gasteiger partial charge in [-0.15, -0.1) is 0 Å². The van der Waals surface area contributed by atoms with Gasteiger partial charge >= 0.3 is 0 Å². The molecule has 0 heterocycles. The summed E-state index contributed by atoms with van der Waals surface area (Å²) in [6, 6.07) is 0. The zero-order valence-corrected chi connectivity index (χ0v) is 8.11. The van der Waals surface area contributed by atoms with E-state index >= 15 is 0 Å². The van der Waals surface area contributed by atoms with Gasteiger partial charge in [-0.1, -0.05) is 26.1 Å². The smallest absolute Gasteiger partial charge is 0.273 e. The van der Waals surface area contributed by atoms with Gasteiger partial charge < -0.3 is 4.43 Å². The van der Waals surface area contributed by atoms with Gasteiger partial charge in [-0.2, -0.15) is 0 Å². The first-order valence-corrected chi connectivity index (χ1v) is 5.85. The maximum atomic E-state index is 5.20. The second-order valence-corrected chi connectivity index (χ2v) is 3.82. The molecule has 0 aliphatic carbocycles. The molecule has 9 heavy (non-hydrogen) atoms. The van der Waals surface area contributed by atoms with Crippen LogP contribution in [0, 0.1) is 0 Å². The highest BCUT2D eigenvalue weighted by Gasteiger charge is 2.01. The van der Waals surface area contributed by atoms with Crippen molar-refractivity contribution in [3.05, 3.63) is 0 Å². The third kappa shape index (κ3) is 4.60. The molecule has 0 fully saturated rings. The summed E-state index contributed by atoms with van der Waals surface area (Å²) in [7, 11) is 1.42. The van der Waals surface area contributed by atoms with Crippen molar-refractivity contribution in [2.24, 2.45) is 0 Å². The minimum absolute atomic E-state index is 0.411. The molecule has 3 radical (unpaired) electrons. The molecular weight excluding hydrogens is 144 g/mol. The summed E-state index contributed by atoms with van der Waals surface area (Å²) in [5.41, 5.74) is 0.777. The van der Waals surface area contributed by atoms with Gasteiger partial charge in [-0.25, -0.2) is 0 Å². The maximum Gasteiger partial charge on any atom is 0.273 e. The fraction of sp³-hybridized carbons (Fsp3) is 0.833. The SMILES string of the molecule is C=[Si]OCC(CC)[Si]C. The Balaban J connectivity index is 3.19. The molecule has 1 atom stereocenters. The quantitative estimate of drug-likeness (QED) is 0.541. The van der Waals surface area contributed by atoms with Crippen LogP contribution in [-0.4, -0.2) is 31.7 Å². The molecule has 1 unspecified atom stereocenters. The van der Waals surface area contributed by atoms with Crippen LogP contribution in [-0.2, 0) is 4.43 Å².